The lowest BCUT2D eigenvalue weighted by Gasteiger charge is -2.28. The molecular weight excluding hydrogens is 514 g/mol. The zero-order valence-electron chi connectivity index (χ0n) is 22.8. The van der Waals surface area contributed by atoms with Crippen LogP contribution in [0.5, 0.6) is 0 Å². The second-order valence-electron chi connectivity index (χ2n) is 10.7. The lowest BCUT2D eigenvalue weighted by molar-refractivity contribution is 0.0973. The first kappa shape index (κ1) is 25.2. The Bertz CT molecular complexity index is 1730. The van der Waals surface area contributed by atoms with Crippen molar-refractivity contribution in [2.45, 2.75) is 32.7 Å². The van der Waals surface area contributed by atoms with Crippen LogP contribution in [0, 0.1) is 6.92 Å². The first-order valence-electron chi connectivity index (χ1n) is 14.0. The van der Waals surface area contributed by atoms with Gasteiger partial charge in [0.1, 0.15) is 5.69 Å². The molecule has 0 N–H and O–H groups in total. The van der Waals surface area contributed by atoms with E-state index in [4.69, 9.17) is 5.10 Å². The molecule has 3 aliphatic heterocycles. The van der Waals surface area contributed by atoms with Gasteiger partial charge >= 0.3 is 6.03 Å². The van der Waals surface area contributed by atoms with Crippen LogP contribution in [0.4, 0.5) is 10.5 Å². The van der Waals surface area contributed by atoms with E-state index < -0.39 is 6.03 Å². The number of aromatic nitrogens is 2. The van der Waals surface area contributed by atoms with Gasteiger partial charge in [0, 0.05) is 29.9 Å². The first-order chi connectivity index (χ1) is 20.0. The molecule has 9 heteroatoms. The number of amidine groups is 1. The Balaban J connectivity index is 1.18. The van der Waals surface area contributed by atoms with E-state index in [9.17, 15) is 9.59 Å². The molecule has 3 aliphatic rings. The number of fused-ring (bicyclic) bond motifs is 1. The summed E-state index contributed by atoms with van der Waals surface area (Å²) in [4.78, 5) is 33.6. The Kier molecular flexibility index (Phi) is 6.36. The van der Waals surface area contributed by atoms with Crippen LogP contribution in [0.25, 0.3) is 16.8 Å². The van der Waals surface area contributed by atoms with Gasteiger partial charge in [-0.25, -0.2) is 9.48 Å². The number of benzene rings is 3. The van der Waals surface area contributed by atoms with Crippen LogP contribution in [0.2, 0.25) is 0 Å². The van der Waals surface area contributed by atoms with Gasteiger partial charge in [-0.1, -0.05) is 53.6 Å². The summed E-state index contributed by atoms with van der Waals surface area (Å²) in [6, 6.07) is 23.6. The van der Waals surface area contributed by atoms with Crippen molar-refractivity contribution in [2.75, 3.05) is 24.5 Å². The van der Waals surface area contributed by atoms with Crippen molar-refractivity contribution in [2.24, 2.45) is 15.2 Å². The summed E-state index contributed by atoms with van der Waals surface area (Å²) in [5.41, 5.74) is 8.25. The average molecular weight is 544 g/mol. The van der Waals surface area contributed by atoms with Gasteiger partial charge in [-0.3, -0.25) is 9.69 Å². The maximum Gasteiger partial charge on any atom is 0.387 e. The zero-order chi connectivity index (χ0) is 27.9. The summed E-state index contributed by atoms with van der Waals surface area (Å²) in [6.45, 7) is 5.80. The number of aliphatic imine (C=N–C) groups is 1. The highest BCUT2D eigenvalue weighted by atomic mass is 16.2. The van der Waals surface area contributed by atoms with Gasteiger partial charge in [-0.05, 0) is 80.2 Å². The number of urea groups is 1. The van der Waals surface area contributed by atoms with Gasteiger partial charge < -0.3 is 4.90 Å². The van der Waals surface area contributed by atoms with Gasteiger partial charge in [0.25, 0.3) is 5.91 Å². The SMILES string of the molecule is Cc1nn(-c2cccc(C3=NC(=O)N=N3)c2)c2c1CCN(c1ccc(-c3ccccc3CN3CCCC3)cc1)C2=O. The number of anilines is 1. The zero-order valence-corrected chi connectivity index (χ0v) is 22.8. The Morgan fingerprint density at radius 2 is 1.61 bits per heavy atom. The van der Waals surface area contributed by atoms with Crippen molar-refractivity contribution in [3.05, 3.63) is 101 Å². The third kappa shape index (κ3) is 4.68. The number of azo groups is 1. The van der Waals surface area contributed by atoms with E-state index in [1.54, 1.807) is 4.68 Å². The molecule has 3 aromatic carbocycles. The second-order valence-corrected chi connectivity index (χ2v) is 10.7. The van der Waals surface area contributed by atoms with Crippen molar-refractivity contribution in [1.29, 1.82) is 0 Å². The Hall–Kier alpha value is -4.76. The molecule has 4 heterocycles. The molecule has 0 radical (unpaired) electrons. The fraction of sp³-hybridized carbons (Fsp3) is 0.250. The number of nitrogens with zero attached hydrogens (tertiary/aromatic N) is 7. The van der Waals surface area contributed by atoms with Crippen LogP contribution in [0.3, 0.4) is 0 Å². The monoisotopic (exact) mass is 543 g/mol. The standard InChI is InChI=1S/C32H29N7O2/c1-21-27-15-18-38(25-13-11-22(12-14-25)28-10-3-2-7-24(28)20-37-16-4-5-17-37)31(40)29(27)39(36-21)26-9-6-8-23(19-26)30-33-32(41)35-34-30/h2-3,6-14,19H,4-5,15-18,20H2,1H3. The minimum Gasteiger partial charge on any atom is -0.307 e. The average Bonchev–Trinajstić information content (AvgIpc) is 3.75. The summed E-state index contributed by atoms with van der Waals surface area (Å²) in [5.74, 6) is 0.164. The third-order valence-corrected chi connectivity index (χ3v) is 8.10. The molecule has 7 rings (SSSR count). The van der Waals surface area contributed by atoms with Crippen molar-refractivity contribution in [3.63, 3.8) is 0 Å². The smallest absolute Gasteiger partial charge is 0.307 e. The quantitative estimate of drug-likeness (QED) is 0.299. The molecule has 0 aliphatic carbocycles. The molecule has 0 unspecified atom stereocenters. The van der Waals surface area contributed by atoms with Crippen molar-refractivity contribution < 1.29 is 9.59 Å². The number of rotatable bonds is 6. The Labute approximate surface area is 237 Å². The van der Waals surface area contributed by atoms with Crippen molar-refractivity contribution in [3.8, 4) is 16.8 Å². The Morgan fingerprint density at radius 3 is 2.39 bits per heavy atom. The normalized spacial score (nSPS) is 16.9. The second kappa shape index (κ2) is 10.3. The lowest BCUT2D eigenvalue weighted by Crippen LogP contribution is -2.38. The van der Waals surface area contributed by atoms with Gasteiger partial charge in [0.15, 0.2) is 5.84 Å². The first-order valence-corrected chi connectivity index (χ1v) is 14.0. The van der Waals surface area contributed by atoms with E-state index >= 15 is 0 Å². The maximum atomic E-state index is 14.0. The predicted molar refractivity (Wildman–Crippen MR) is 157 cm³/mol. The summed E-state index contributed by atoms with van der Waals surface area (Å²) in [7, 11) is 0. The lowest BCUT2D eigenvalue weighted by atomic mass is 9.98. The fourth-order valence-corrected chi connectivity index (χ4v) is 6.03. The molecule has 0 saturated carbocycles. The highest BCUT2D eigenvalue weighted by molar-refractivity contribution is 6.09. The third-order valence-electron chi connectivity index (χ3n) is 8.10. The van der Waals surface area contributed by atoms with E-state index in [-0.39, 0.29) is 11.7 Å². The molecule has 204 valence electrons. The highest BCUT2D eigenvalue weighted by Crippen LogP contribution is 2.32. The number of carbonyl (C=O) groups excluding carboxylic acids is 2. The molecule has 9 nitrogen and oxygen atoms in total. The van der Waals surface area contributed by atoms with Crippen molar-refractivity contribution in [1.82, 2.24) is 14.7 Å². The maximum absolute atomic E-state index is 14.0. The van der Waals surface area contributed by atoms with Gasteiger partial charge in [-0.2, -0.15) is 10.1 Å². The minimum absolute atomic E-state index is 0.0903. The van der Waals surface area contributed by atoms with Crippen LogP contribution in [-0.4, -0.2) is 52.1 Å². The summed E-state index contributed by atoms with van der Waals surface area (Å²) < 4.78 is 1.69. The van der Waals surface area contributed by atoms with Crippen LogP contribution >= 0.6 is 0 Å². The number of amides is 3. The van der Waals surface area contributed by atoms with Gasteiger partial charge in [0.2, 0.25) is 0 Å². The largest absolute Gasteiger partial charge is 0.387 e. The number of hydrogen-bond acceptors (Lipinski definition) is 5. The number of aryl methyl sites for hydroxylation is 1. The molecule has 0 bridgehead atoms. The van der Waals surface area contributed by atoms with Crippen LogP contribution in [0.15, 0.2) is 88.0 Å². The molecule has 4 aromatic rings. The van der Waals surface area contributed by atoms with E-state index in [0.29, 0.717) is 29.9 Å². The van der Waals surface area contributed by atoms with Crippen molar-refractivity contribution >= 4 is 23.5 Å². The van der Waals surface area contributed by atoms with Gasteiger partial charge in [0.05, 0.1) is 11.4 Å². The molecule has 0 spiro atoms. The summed E-state index contributed by atoms with van der Waals surface area (Å²) >= 11 is 0. The molecule has 0 atom stereocenters. The topological polar surface area (TPSA) is 95.5 Å². The van der Waals surface area contributed by atoms with E-state index in [2.05, 4.69) is 56.5 Å². The number of carbonyl (C=O) groups is 2. The highest BCUT2D eigenvalue weighted by Gasteiger charge is 2.32. The molecule has 1 saturated heterocycles. The van der Waals surface area contributed by atoms with Crippen LogP contribution in [0.1, 0.15) is 45.7 Å². The van der Waals surface area contributed by atoms with Gasteiger partial charge in [-0.15, -0.1) is 5.11 Å². The molecule has 1 aromatic heterocycles. The Morgan fingerprint density at radius 1 is 0.805 bits per heavy atom. The predicted octanol–water partition coefficient (Wildman–Crippen LogP) is 5.98. The molecule has 41 heavy (non-hydrogen) atoms. The molecule has 3 amide bonds. The fourth-order valence-electron chi connectivity index (χ4n) is 6.03. The summed E-state index contributed by atoms with van der Waals surface area (Å²) in [5, 5.41) is 12.1. The van der Waals surface area contributed by atoms with E-state index in [1.807, 2.05) is 48.2 Å². The van der Waals surface area contributed by atoms with Crippen LogP contribution in [-0.2, 0) is 13.0 Å². The minimum atomic E-state index is -0.621. The van der Waals surface area contributed by atoms with Crippen LogP contribution < -0.4 is 4.90 Å². The van der Waals surface area contributed by atoms with E-state index in [1.165, 1.54) is 24.0 Å². The molecule has 1 fully saturated rings. The number of hydrogen-bond donors (Lipinski definition) is 0. The number of likely N-dealkylation sites (tertiary alicyclic amines) is 1. The summed E-state index contributed by atoms with van der Waals surface area (Å²) in [6.07, 6.45) is 3.26. The van der Waals surface area contributed by atoms with E-state index in [0.717, 1.165) is 42.1 Å². The molecular formula is C32H29N7O2.